The molecule has 1 atom stereocenters. The molecule has 51 heavy (non-hydrogen) atoms. The molecule has 2 spiro atoms. The van der Waals surface area contributed by atoms with Crippen LogP contribution >= 0.6 is 0 Å². The van der Waals surface area contributed by atoms with Crippen molar-refractivity contribution in [2.75, 3.05) is 0 Å². The van der Waals surface area contributed by atoms with Gasteiger partial charge in [0.05, 0.1) is 27.3 Å². The van der Waals surface area contributed by atoms with Gasteiger partial charge in [-0.1, -0.05) is 97.1 Å². The number of pyridine rings is 3. The van der Waals surface area contributed by atoms with E-state index in [4.69, 9.17) is 0 Å². The molecule has 3 nitrogen and oxygen atoms in total. The van der Waals surface area contributed by atoms with Crippen LogP contribution in [0.15, 0.2) is 164 Å². The summed E-state index contributed by atoms with van der Waals surface area (Å²) in [6.07, 6.45) is 2.33. The molecule has 1 aliphatic carbocycles. The number of para-hydroxylation sites is 1. The Balaban J connectivity index is 1.34. The molecule has 0 N–H and O–H groups in total. The Morgan fingerprint density at radius 1 is 0.471 bits per heavy atom. The van der Waals surface area contributed by atoms with Crippen molar-refractivity contribution in [1.82, 2.24) is 4.57 Å². The van der Waals surface area contributed by atoms with Gasteiger partial charge in [-0.15, -0.1) is 0 Å². The maximum Gasteiger partial charge on any atom is 0.309 e. The molecule has 3 heteroatoms. The lowest BCUT2D eigenvalue weighted by molar-refractivity contribution is -0.733. The number of benzene rings is 6. The van der Waals surface area contributed by atoms with E-state index in [1.54, 1.807) is 0 Å². The van der Waals surface area contributed by atoms with Gasteiger partial charge < -0.3 is 0 Å². The van der Waals surface area contributed by atoms with Crippen molar-refractivity contribution in [2.45, 2.75) is 11.1 Å². The summed E-state index contributed by atoms with van der Waals surface area (Å²) in [5, 5.41) is 6.42. The highest BCUT2D eigenvalue weighted by Gasteiger charge is 2.69. The molecule has 14 rings (SSSR count). The zero-order valence-electron chi connectivity index (χ0n) is 27.4. The molecule has 3 aliphatic heterocycles. The van der Waals surface area contributed by atoms with E-state index in [1.165, 1.54) is 105 Å². The predicted molar refractivity (Wildman–Crippen MR) is 202 cm³/mol. The van der Waals surface area contributed by atoms with Gasteiger partial charge in [0.15, 0.2) is 6.20 Å². The van der Waals surface area contributed by atoms with Gasteiger partial charge in [0, 0.05) is 35.3 Å². The van der Waals surface area contributed by atoms with Gasteiger partial charge in [0.2, 0.25) is 22.2 Å². The molecular formula is C48H27N3+2. The lowest BCUT2D eigenvalue weighted by Crippen LogP contribution is -2.62. The van der Waals surface area contributed by atoms with Crippen molar-refractivity contribution in [2.24, 2.45) is 0 Å². The SMILES string of the molecule is c1ccc2c(c1)-c1ccccc1C21c2cccc3c2C2(c4c5ccccc5[n+]5c6cc7ccccc7cc6c6ccc1n2c6c45)[n+]1ccccc1-3. The molecule has 6 aromatic carbocycles. The fourth-order valence-electron chi connectivity index (χ4n) is 11.4. The van der Waals surface area contributed by atoms with Gasteiger partial charge in [-0.3, -0.25) is 4.57 Å². The second-order valence-electron chi connectivity index (χ2n) is 14.8. The van der Waals surface area contributed by atoms with Crippen LogP contribution in [0.25, 0.3) is 71.4 Å². The first-order valence-corrected chi connectivity index (χ1v) is 18.0. The van der Waals surface area contributed by atoms with E-state index in [1.807, 2.05) is 0 Å². The Labute approximate surface area is 292 Å². The van der Waals surface area contributed by atoms with Gasteiger partial charge >= 0.3 is 5.66 Å². The van der Waals surface area contributed by atoms with Gasteiger partial charge in [-0.25, -0.2) is 0 Å². The summed E-state index contributed by atoms with van der Waals surface area (Å²) in [7, 11) is 0. The minimum atomic E-state index is -0.609. The molecule has 4 aromatic heterocycles. The van der Waals surface area contributed by atoms with Crippen LogP contribution in [-0.4, -0.2) is 4.57 Å². The molecular weight excluding hydrogens is 619 g/mol. The van der Waals surface area contributed by atoms with E-state index in [2.05, 4.69) is 177 Å². The standard InChI is InChI=1S/C48H27N3/c1-2-13-29-27-41-35(26-28(29)12-1)32-23-24-42-47(36-18-6-3-14-30(36)31-15-4-7-19-37(31)47)38-20-11-17-33-39-21-9-10-25-49(39)48(43(33)38)44-34-16-5-8-22-40(34)50(41)46(44)45(32)51(42)48/h1-27H/q+2. The molecule has 0 fully saturated rings. The van der Waals surface area contributed by atoms with Crippen molar-refractivity contribution >= 4 is 49.0 Å². The molecule has 1 unspecified atom stereocenters. The third kappa shape index (κ3) is 2.42. The van der Waals surface area contributed by atoms with E-state index in [0.29, 0.717) is 0 Å². The van der Waals surface area contributed by atoms with Crippen LogP contribution in [0.4, 0.5) is 0 Å². The first-order chi connectivity index (χ1) is 25.3. The Morgan fingerprint density at radius 3 is 2.00 bits per heavy atom. The Kier molecular flexibility index (Phi) is 4.02. The quantitative estimate of drug-likeness (QED) is 0.0886. The minimum Gasteiger partial charge on any atom is -0.268 e. The molecule has 0 saturated carbocycles. The number of hydrogen-bond acceptors (Lipinski definition) is 0. The van der Waals surface area contributed by atoms with Crippen molar-refractivity contribution in [1.29, 1.82) is 0 Å². The molecule has 10 aromatic rings. The summed E-state index contributed by atoms with van der Waals surface area (Å²) in [4.78, 5) is 0. The van der Waals surface area contributed by atoms with E-state index in [0.717, 1.165) is 0 Å². The highest BCUT2D eigenvalue weighted by molar-refractivity contribution is 6.17. The highest BCUT2D eigenvalue weighted by atomic mass is 15.3. The van der Waals surface area contributed by atoms with E-state index in [-0.39, 0.29) is 0 Å². The predicted octanol–water partition coefficient (Wildman–Crippen LogP) is 9.40. The topological polar surface area (TPSA) is 12.9 Å². The first-order valence-electron chi connectivity index (χ1n) is 18.0. The second-order valence-corrected chi connectivity index (χ2v) is 14.8. The molecule has 0 saturated heterocycles. The van der Waals surface area contributed by atoms with Crippen LogP contribution in [-0.2, 0) is 11.1 Å². The van der Waals surface area contributed by atoms with Crippen LogP contribution in [0.2, 0.25) is 0 Å². The number of fused-ring (bicyclic) bond motifs is 16. The molecule has 4 aliphatic rings. The third-order valence-electron chi connectivity index (χ3n) is 12.9. The van der Waals surface area contributed by atoms with Gasteiger partial charge in [-0.2, -0.15) is 8.97 Å². The number of hydrogen-bond donors (Lipinski definition) is 0. The zero-order chi connectivity index (χ0) is 32.8. The molecule has 0 radical (unpaired) electrons. The van der Waals surface area contributed by atoms with Crippen molar-refractivity contribution < 1.29 is 8.97 Å². The second kappa shape index (κ2) is 8.07. The van der Waals surface area contributed by atoms with Gasteiger partial charge in [0.25, 0.3) is 0 Å². The van der Waals surface area contributed by atoms with Gasteiger partial charge in [0.1, 0.15) is 11.1 Å². The summed E-state index contributed by atoms with van der Waals surface area (Å²) < 4.78 is 8.00. The smallest absolute Gasteiger partial charge is 0.268 e. The Bertz CT molecular complexity index is 3280. The van der Waals surface area contributed by atoms with Crippen LogP contribution in [0.5, 0.6) is 0 Å². The average Bonchev–Trinajstić information content (AvgIpc) is 3.89. The number of aromatic nitrogens is 3. The number of rotatable bonds is 0. The van der Waals surface area contributed by atoms with Crippen LogP contribution in [0, 0.1) is 0 Å². The van der Waals surface area contributed by atoms with Crippen LogP contribution in [0.3, 0.4) is 0 Å². The summed E-state index contributed by atoms with van der Waals surface area (Å²) in [5.41, 5.74) is 17.5. The number of nitrogens with zero attached hydrogens (tertiary/aromatic N) is 3. The molecule has 0 amide bonds. The molecule has 0 bridgehead atoms. The minimum absolute atomic E-state index is 0.493. The van der Waals surface area contributed by atoms with Crippen molar-refractivity contribution in [3.05, 3.63) is 197 Å². The summed E-state index contributed by atoms with van der Waals surface area (Å²) in [6, 6.07) is 59.9. The first kappa shape index (κ1) is 25.4. The summed E-state index contributed by atoms with van der Waals surface area (Å²) in [5.74, 6) is 0. The fraction of sp³-hybridized carbons (Fsp3) is 0.0417. The molecule has 7 heterocycles. The van der Waals surface area contributed by atoms with E-state index in [9.17, 15) is 0 Å². The normalized spacial score (nSPS) is 17.6. The zero-order valence-corrected chi connectivity index (χ0v) is 27.4. The Hall–Kier alpha value is -6.58. The highest BCUT2D eigenvalue weighted by Crippen LogP contribution is 2.65. The fourth-order valence-corrected chi connectivity index (χ4v) is 11.4. The lowest BCUT2D eigenvalue weighted by atomic mass is 9.63. The van der Waals surface area contributed by atoms with E-state index < -0.39 is 11.1 Å². The molecule has 232 valence electrons. The Morgan fingerprint density at radius 2 is 1.16 bits per heavy atom. The van der Waals surface area contributed by atoms with Crippen LogP contribution in [0.1, 0.15) is 33.5 Å². The maximum atomic E-state index is 2.80. The summed E-state index contributed by atoms with van der Waals surface area (Å²) in [6.45, 7) is 0. The maximum absolute atomic E-state index is 2.80. The van der Waals surface area contributed by atoms with E-state index >= 15 is 0 Å². The lowest BCUT2D eigenvalue weighted by Gasteiger charge is -2.44. The van der Waals surface area contributed by atoms with Crippen molar-refractivity contribution in [3.63, 3.8) is 0 Å². The van der Waals surface area contributed by atoms with Crippen molar-refractivity contribution in [3.8, 4) is 22.4 Å². The monoisotopic (exact) mass is 645 g/mol. The largest absolute Gasteiger partial charge is 0.309 e. The average molecular weight is 646 g/mol. The van der Waals surface area contributed by atoms with Gasteiger partial charge in [-0.05, 0) is 75.0 Å². The third-order valence-corrected chi connectivity index (χ3v) is 12.9. The summed E-state index contributed by atoms with van der Waals surface area (Å²) >= 11 is 0. The van der Waals surface area contributed by atoms with Crippen LogP contribution < -0.4 is 8.97 Å².